The first-order chi connectivity index (χ1) is 9.43. The molecule has 0 spiro atoms. The van der Waals surface area contributed by atoms with E-state index < -0.39 is 0 Å². The van der Waals surface area contributed by atoms with Crippen LogP contribution >= 0.6 is 15.9 Å². The van der Waals surface area contributed by atoms with Crippen LogP contribution in [0, 0.1) is 32.1 Å². The van der Waals surface area contributed by atoms with Crippen LogP contribution in [0.15, 0.2) is 27.1 Å². The molecule has 2 rings (SSSR count). The van der Waals surface area contributed by atoms with Crippen molar-refractivity contribution in [2.24, 2.45) is 0 Å². The van der Waals surface area contributed by atoms with Crippen LogP contribution in [0.1, 0.15) is 33.0 Å². The Kier molecular flexibility index (Phi) is 3.96. The minimum atomic E-state index is -0.268. The zero-order chi connectivity index (χ0) is 14.9. The molecule has 0 unspecified atom stereocenters. The molecule has 1 N–H and O–H groups in total. The maximum Gasteiger partial charge on any atom is 0.259 e. The van der Waals surface area contributed by atoms with Crippen LogP contribution in [0.2, 0.25) is 0 Å². The average Bonchev–Trinajstić information content (AvgIpc) is 2.65. The van der Waals surface area contributed by atoms with Crippen molar-refractivity contribution < 1.29 is 9.21 Å². The number of carbonyl (C=O) groups excluding carboxylic acids is 1. The van der Waals surface area contributed by atoms with Crippen molar-refractivity contribution in [3.05, 3.63) is 50.9 Å². The molecule has 0 fully saturated rings. The molecular weight excluding hydrogens is 320 g/mol. The first-order valence-corrected chi connectivity index (χ1v) is 6.81. The fourth-order valence-corrected chi connectivity index (χ4v) is 2.39. The van der Waals surface area contributed by atoms with Crippen LogP contribution in [0.25, 0.3) is 0 Å². The van der Waals surface area contributed by atoms with Gasteiger partial charge in [-0.05, 0) is 39.0 Å². The number of hydrogen-bond donors (Lipinski definition) is 1. The number of rotatable bonds is 2. The predicted octanol–water partition coefficient (Wildman–Crippen LogP) is 4.09. The third kappa shape index (κ3) is 2.61. The Morgan fingerprint density at radius 1 is 1.30 bits per heavy atom. The molecule has 102 valence electrons. The molecule has 1 amide bonds. The highest BCUT2D eigenvalue weighted by atomic mass is 79.9. The van der Waals surface area contributed by atoms with Gasteiger partial charge in [0.15, 0.2) is 0 Å². The second kappa shape index (κ2) is 5.51. The fourth-order valence-electron chi connectivity index (χ4n) is 2.03. The summed E-state index contributed by atoms with van der Waals surface area (Å²) in [6.07, 6.45) is 0. The zero-order valence-electron chi connectivity index (χ0n) is 11.4. The van der Waals surface area contributed by atoms with Crippen LogP contribution in [-0.4, -0.2) is 5.91 Å². The van der Waals surface area contributed by atoms with E-state index >= 15 is 0 Å². The van der Waals surface area contributed by atoms with E-state index in [0.717, 1.165) is 15.8 Å². The van der Waals surface area contributed by atoms with E-state index in [1.165, 1.54) is 0 Å². The molecule has 1 heterocycles. The monoisotopic (exact) mass is 332 g/mol. The number of furan rings is 1. The number of nitrogens with zero attached hydrogens (tertiary/aromatic N) is 1. The van der Waals surface area contributed by atoms with Gasteiger partial charge in [-0.3, -0.25) is 4.79 Å². The topological polar surface area (TPSA) is 66.0 Å². The third-order valence-corrected chi connectivity index (χ3v) is 3.63. The average molecular weight is 333 g/mol. The summed E-state index contributed by atoms with van der Waals surface area (Å²) in [4.78, 5) is 12.3. The minimum Gasteiger partial charge on any atom is -0.466 e. The van der Waals surface area contributed by atoms with Gasteiger partial charge in [0, 0.05) is 10.0 Å². The normalized spacial score (nSPS) is 10.2. The van der Waals surface area contributed by atoms with E-state index in [1.54, 1.807) is 25.1 Å². The number of hydrogen-bond acceptors (Lipinski definition) is 3. The molecule has 0 radical (unpaired) electrons. The van der Waals surface area contributed by atoms with Crippen LogP contribution in [0.4, 0.5) is 5.69 Å². The highest BCUT2D eigenvalue weighted by molar-refractivity contribution is 9.10. The summed E-state index contributed by atoms with van der Waals surface area (Å²) in [5.74, 6) is 1.03. The molecular formula is C15H13BrN2O2. The summed E-state index contributed by atoms with van der Waals surface area (Å²) < 4.78 is 6.24. The van der Waals surface area contributed by atoms with Crippen LogP contribution < -0.4 is 5.32 Å². The maximum atomic E-state index is 12.3. The molecule has 0 atom stereocenters. The Hall–Kier alpha value is -2.06. The van der Waals surface area contributed by atoms with Gasteiger partial charge in [0.05, 0.1) is 16.8 Å². The van der Waals surface area contributed by atoms with E-state index in [1.807, 2.05) is 13.8 Å². The van der Waals surface area contributed by atoms with E-state index in [9.17, 15) is 4.79 Å². The predicted molar refractivity (Wildman–Crippen MR) is 79.7 cm³/mol. The lowest BCUT2D eigenvalue weighted by Crippen LogP contribution is -2.14. The second-order valence-electron chi connectivity index (χ2n) is 4.47. The van der Waals surface area contributed by atoms with Gasteiger partial charge in [-0.15, -0.1) is 0 Å². The van der Waals surface area contributed by atoms with Crippen LogP contribution in [0.3, 0.4) is 0 Å². The summed E-state index contributed by atoms with van der Waals surface area (Å²) in [5, 5.41) is 11.9. The molecule has 0 bridgehead atoms. The number of nitrogens with one attached hydrogen (secondary N) is 1. The van der Waals surface area contributed by atoms with Crippen molar-refractivity contribution in [3.63, 3.8) is 0 Å². The third-order valence-electron chi connectivity index (χ3n) is 3.14. The first-order valence-electron chi connectivity index (χ1n) is 6.01. The summed E-state index contributed by atoms with van der Waals surface area (Å²) in [6, 6.07) is 7.19. The number of amides is 1. The van der Waals surface area contributed by atoms with Crippen molar-refractivity contribution in [1.29, 1.82) is 5.26 Å². The van der Waals surface area contributed by atoms with Crippen LogP contribution in [-0.2, 0) is 0 Å². The van der Waals surface area contributed by atoms with Gasteiger partial charge in [0.2, 0.25) is 0 Å². The van der Waals surface area contributed by atoms with E-state index in [0.29, 0.717) is 22.6 Å². The molecule has 1 aromatic heterocycles. The summed E-state index contributed by atoms with van der Waals surface area (Å²) in [5.41, 5.74) is 2.23. The maximum absolute atomic E-state index is 12.3. The molecule has 0 aliphatic heterocycles. The number of benzene rings is 1. The Balaban J connectivity index is 2.36. The van der Waals surface area contributed by atoms with Crippen molar-refractivity contribution in [2.75, 3.05) is 5.32 Å². The first kappa shape index (κ1) is 14.4. The van der Waals surface area contributed by atoms with Gasteiger partial charge in [-0.2, -0.15) is 5.26 Å². The number of nitriles is 1. The minimum absolute atomic E-state index is 0.268. The standard InChI is InChI=1S/C15H13BrN2O2/c1-8-9(2)20-10(3)14(8)15(19)18-13-5-4-12(16)6-11(13)7-17/h4-6H,1-3H3,(H,18,19). The van der Waals surface area contributed by atoms with Gasteiger partial charge in [0.25, 0.3) is 5.91 Å². The van der Waals surface area contributed by atoms with Gasteiger partial charge in [-0.25, -0.2) is 0 Å². The second-order valence-corrected chi connectivity index (χ2v) is 5.39. The van der Waals surface area contributed by atoms with E-state index in [2.05, 4.69) is 27.3 Å². The smallest absolute Gasteiger partial charge is 0.259 e. The molecule has 0 aliphatic rings. The molecule has 1 aromatic carbocycles. The fraction of sp³-hybridized carbons (Fsp3) is 0.200. The lowest BCUT2D eigenvalue weighted by atomic mass is 10.1. The Bertz CT molecular complexity index is 726. The van der Waals surface area contributed by atoms with Crippen molar-refractivity contribution in [3.8, 4) is 6.07 Å². The van der Waals surface area contributed by atoms with Gasteiger partial charge < -0.3 is 9.73 Å². The molecule has 20 heavy (non-hydrogen) atoms. The summed E-state index contributed by atoms with van der Waals surface area (Å²) in [7, 11) is 0. The Morgan fingerprint density at radius 2 is 2.00 bits per heavy atom. The molecule has 0 saturated carbocycles. The summed E-state index contributed by atoms with van der Waals surface area (Å²) >= 11 is 3.30. The lowest BCUT2D eigenvalue weighted by molar-refractivity contribution is 0.102. The SMILES string of the molecule is Cc1oc(C)c(C(=O)Nc2ccc(Br)cc2C#N)c1C. The number of aryl methyl sites for hydroxylation is 2. The largest absolute Gasteiger partial charge is 0.466 e. The Morgan fingerprint density at radius 3 is 2.55 bits per heavy atom. The van der Waals surface area contributed by atoms with Gasteiger partial charge in [0.1, 0.15) is 17.6 Å². The quantitative estimate of drug-likeness (QED) is 0.900. The highest BCUT2D eigenvalue weighted by Gasteiger charge is 2.19. The number of anilines is 1. The number of carbonyl (C=O) groups is 1. The van der Waals surface area contributed by atoms with Crippen molar-refractivity contribution in [1.82, 2.24) is 0 Å². The Labute approximate surface area is 125 Å². The van der Waals surface area contributed by atoms with Crippen LogP contribution in [0.5, 0.6) is 0 Å². The van der Waals surface area contributed by atoms with Crippen molar-refractivity contribution >= 4 is 27.5 Å². The van der Waals surface area contributed by atoms with E-state index in [-0.39, 0.29) is 5.91 Å². The van der Waals surface area contributed by atoms with Gasteiger partial charge >= 0.3 is 0 Å². The van der Waals surface area contributed by atoms with Crippen molar-refractivity contribution in [2.45, 2.75) is 20.8 Å². The summed E-state index contributed by atoms with van der Waals surface area (Å²) in [6.45, 7) is 5.41. The molecule has 2 aromatic rings. The molecule has 0 saturated heterocycles. The van der Waals surface area contributed by atoms with E-state index in [4.69, 9.17) is 9.68 Å². The lowest BCUT2D eigenvalue weighted by Gasteiger charge is -2.07. The molecule has 4 nitrogen and oxygen atoms in total. The molecule has 0 aliphatic carbocycles. The highest BCUT2D eigenvalue weighted by Crippen LogP contribution is 2.24. The number of halogens is 1. The zero-order valence-corrected chi connectivity index (χ0v) is 13.0. The molecule has 5 heteroatoms. The van der Waals surface area contributed by atoms with Gasteiger partial charge in [-0.1, -0.05) is 15.9 Å².